The van der Waals surface area contributed by atoms with E-state index in [9.17, 15) is 19.2 Å². The van der Waals surface area contributed by atoms with E-state index in [1.165, 1.54) is 31.0 Å². The molecule has 3 N–H and O–H groups in total. The third kappa shape index (κ3) is 10.4. The number of halogens is 3. The summed E-state index contributed by atoms with van der Waals surface area (Å²) in [5.74, 6) is -8.68. The van der Waals surface area contributed by atoms with Gasteiger partial charge in [0.15, 0.2) is 0 Å². The van der Waals surface area contributed by atoms with E-state index < -0.39 is 53.0 Å². The van der Waals surface area contributed by atoms with Crippen LogP contribution in [-0.4, -0.2) is 83.8 Å². The van der Waals surface area contributed by atoms with Gasteiger partial charge >= 0.3 is 5.92 Å². The number of ether oxygens (including phenoxy) is 1. The highest BCUT2D eigenvalue weighted by molar-refractivity contribution is 5.98. The van der Waals surface area contributed by atoms with Crippen molar-refractivity contribution in [3.63, 3.8) is 0 Å². The standard InChI is InChI=1S/C41H51F3N6O5/c1-5-35(51)47-36(39(53)50-19-17-49(18-20-50)25-28-9-7-6-8-10-28)27(3)30-15-16-34(33(42)21-30)46-38(52)37(29-13-11-26(2)12-14-29)48-40(54)41(43,44)31-22-32(55-4)24-45-23-31/h6-10,15-16,21-24,26-27,29,36-37H,5,11-14,17-20,25H2,1-4H3,(H,46,52)(H,47,51)(H,48,54)/t26?,27-,29?,36+,37-/m0/s1. The number of carbonyl (C=O) groups is 4. The largest absolute Gasteiger partial charge is 0.495 e. The van der Waals surface area contributed by atoms with E-state index in [-0.39, 0.29) is 29.7 Å². The summed E-state index contributed by atoms with van der Waals surface area (Å²) in [5.41, 5.74) is 0.667. The Kier molecular flexibility index (Phi) is 13.9. The van der Waals surface area contributed by atoms with Crippen molar-refractivity contribution in [3.05, 3.63) is 89.5 Å². The first-order chi connectivity index (χ1) is 26.3. The zero-order valence-electron chi connectivity index (χ0n) is 31.8. The molecule has 1 aliphatic carbocycles. The van der Waals surface area contributed by atoms with E-state index >= 15 is 13.2 Å². The Balaban J connectivity index is 1.29. The normalized spacial score (nSPS) is 19.4. The molecule has 1 aromatic heterocycles. The molecular weight excluding hydrogens is 713 g/mol. The van der Waals surface area contributed by atoms with Crippen LogP contribution in [0.15, 0.2) is 67.0 Å². The zero-order valence-corrected chi connectivity index (χ0v) is 31.8. The van der Waals surface area contributed by atoms with Gasteiger partial charge in [-0.2, -0.15) is 8.78 Å². The van der Waals surface area contributed by atoms with Crippen molar-refractivity contribution in [2.75, 3.05) is 38.6 Å². The molecule has 1 saturated heterocycles. The predicted octanol–water partition coefficient (Wildman–Crippen LogP) is 5.61. The molecule has 0 unspecified atom stereocenters. The molecule has 3 atom stereocenters. The summed E-state index contributed by atoms with van der Waals surface area (Å²) < 4.78 is 51.6. The molecule has 0 radical (unpaired) electrons. The SMILES string of the molecule is CCC(=O)N[C@@H](C(=O)N1CCN(Cc2ccccc2)CC1)[C@@H](C)c1ccc(NC(=O)[C@@H](NC(=O)C(F)(F)c2cncc(OC)c2)C2CCC(C)CC2)c(F)c1. The molecule has 0 bridgehead atoms. The van der Waals surface area contributed by atoms with Crippen molar-refractivity contribution in [2.45, 2.75) is 83.3 Å². The average molecular weight is 765 g/mol. The van der Waals surface area contributed by atoms with Crippen LogP contribution in [0, 0.1) is 17.7 Å². The minimum atomic E-state index is -4.04. The smallest absolute Gasteiger partial charge is 0.351 e. The summed E-state index contributed by atoms with van der Waals surface area (Å²) in [5, 5.41) is 7.61. The van der Waals surface area contributed by atoms with E-state index in [4.69, 9.17) is 4.74 Å². The molecule has 5 rings (SSSR count). The Morgan fingerprint density at radius 1 is 0.945 bits per heavy atom. The van der Waals surface area contributed by atoms with Crippen molar-refractivity contribution in [1.29, 1.82) is 0 Å². The number of alkyl halides is 2. The molecular formula is C41H51F3N6O5. The molecule has 2 fully saturated rings. The van der Waals surface area contributed by atoms with E-state index in [0.29, 0.717) is 50.5 Å². The van der Waals surface area contributed by atoms with Crippen LogP contribution < -0.4 is 20.7 Å². The van der Waals surface area contributed by atoms with E-state index in [1.807, 2.05) is 18.2 Å². The Hall–Kier alpha value is -4.98. The Morgan fingerprint density at radius 2 is 1.64 bits per heavy atom. The predicted molar refractivity (Wildman–Crippen MR) is 202 cm³/mol. The topological polar surface area (TPSA) is 133 Å². The third-order valence-electron chi connectivity index (χ3n) is 10.8. The van der Waals surface area contributed by atoms with Crippen molar-refractivity contribution in [2.24, 2.45) is 11.8 Å². The lowest BCUT2D eigenvalue weighted by atomic mass is 9.79. The molecule has 14 heteroatoms. The number of benzene rings is 2. The second-order valence-corrected chi connectivity index (χ2v) is 14.7. The fourth-order valence-electron chi connectivity index (χ4n) is 7.24. The molecule has 2 aliphatic rings. The highest BCUT2D eigenvalue weighted by Gasteiger charge is 2.45. The number of aromatic nitrogens is 1. The number of piperazine rings is 1. The lowest BCUT2D eigenvalue weighted by Crippen LogP contribution is -2.56. The number of nitrogens with zero attached hydrogens (tertiary/aromatic N) is 3. The molecule has 55 heavy (non-hydrogen) atoms. The van der Waals surface area contributed by atoms with Crippen molar-refractivity contribution < 1.29 is 37.1 Å². The van der Waals surface area contributed by atoms with Gasteiger partial charge in [0.1, 0.15) is 23.7 Å². The molecule has 3 aromatic rings. The number of hydrogen-bond acceptors (Lipinski definition) is 7. The summed E-state index contributed by atoms with van der Waals surface area (Å²) in [6.07, 6.45) is 4.72. The fraction of sp³-hybridized carbons (Fsp3) is 0.488. The van der Waals surface area contributed by atoms with Gasteiger partial charge in [-0.05, 0) is 54.0 Å². The van der Waals surface area contributed by atoms with Crippen molar-refractivity contribution >= 4 is 29.3 Å². The molecule has 11 nitrogen and oxygen atoms in total. The van der Waals surface area contributed by atoms with E-state index in [2.05, 4.69) is 44.9 Å². The van der Waals surface area contributed by atoms with Gasteiger partial charge in [-0.25, -0.2) is 4.39 Å². The van der Waals surface area contributed by atoms with E-state index in [1.54, 1.807) is 24.8 Å². The van der Waals surface area contributed by atoms with Gasteiger partial charge in [0, 0.05) is 51.3 Å². The first kappa shape index (κ1) is 41.2. The lowest BCUT2D eigenvalue weighted by Gasteiger charge is -2.37. The zero-order chi connectivity index (χ0) is 39.7. The minimum absolute atomic E-state index is 0.0366. The van der Waals surface area contributed by atoms with Crippen LogP contribution in [0.2, 0.25) is 0 Å². The van der Waals surface area contributed by atoms with Crippen LogP contribution in [-0.2, 0) is 31.6 Å². The van der Waals surface area contributed by atoms with Gasteiger partial charge in [-0.15, -0.1) is 0 Å². The van der Waals surface area contributed by atoms with Crippen molar-refractivity contribution in [1.82, 2.24) is 25.4 Å². The fourth-order valence-corrected chi connectivity index (χ4v) is 7.24. The van der Waals surface area contributed by atoms with Crippen molar-refractivity contribution in [3.8, 4) is 5.75 Å². The minimum Gasteiger partial charge on any atom is -0.495 e. The first-order valence-electron chi connectivity index (χ1n) is 18.9. The molecule has 0 spiro atoms. The van der Waals surface area contributed by atoms with Gasteiger partial charge in [0.2, 0.25) is 17.7 Å². The average Bonchev–Trinajstić information content (AvgIpc) is 3.20. The summed E-state index contributed by atoms with van der Waals surface area (Å²) in [4.78, 5) is 61.1. The Bertz CT molecular complexity index is 1800. The number of hydrogen-bond donors (Lipinski definition) is 3. The maximum Gasteiger partial charge on any atom is 0.351 e. The van der Waals surface area contributed by atoms with Crippen LogP contribution >= 0.6 is 0 Å². The Labute approximate surface area is 320 Å². The first-order valence-corrected chi connectivity index (χ1v) is 18.9. The van der Waals surface area contributed by atoms with Gasteiger partial charge in [-0.1, -0.05) is 70.0 Å². The van der Waals surface area contributed by atoms with Crippen LogP contribution in [0.1, 0.15) is 75.5 Å². The van der Waals surface area contributed by atoms with Gasteiger partial charge < -0.3 is 25.6 Å². The molecule has 296 valence electrons. The number of methoxy groups -OCH3 is 1. The molecule has 2 aromatic carbocycles. The van der Waals surface area contributed by atoms with Gasteiger partial charge in [0.25, 0.3) is 5.91 Å². The molecule has 1 saturated carbocycles. The summed E-state index contributed by atoms with van der Waals surface area (Å²) >= 11 is 0. The quantitative estimate of drug-likeness (QED) is 0.194. The number of pyridine rings is 1. The van der Waals surface area contributed by atoms with Crippen LogP contribution in [0.25, 0.3) is 0 Å². The summed E-state index contributed by atoms with van der Waals surface area (Å²) in [6, 6.07) is 12.8. The molecule has 4 amide bonds. The number of anilines is 1. The highest BCUT2D eigenvalue weighted by atomic mass is 19.3. The number of carbonyl (C=O) groups excluding carboxylic acids is 4. The molecule has 1 aliphatic heterocycles. The molecule has 2 heterocycles. The third-order valence-corrected chi connectivity index (χ3v) is 10.8. The van der Waals surface area contributed by atoms with Crippen LogP contribution in [0.3, 0.4) is 0 Å². The lowest BCUT2D eigenvalue weighted by molar-refractivity contribution is -0.149. The maximum atomic E-state index is 15.8. The maximum absolute atomic E-state index is 15.8. The number of nitrogens with one attached hydrogen (secondary N) is 3. The van der Waals surface area contributed by atoms with Crippen LogP contribution in [0.4, 0.5) is 18.9 Å². The monoisotopic (exact) mass is 764 g/mol. The number of amides is 4. The van der Waals surface area contributed by atoms with Gasteiger partial charge in [-0.3, -0.25) is 29.1 Å². The van der Waals surface area contributed by atoms with Gasteiger partial charge in [0.05, 0.1) is 24.6 Å². The summed E-state index contributed by atoms with van der Waals surface area (Å²) in [6.45, 7) is 8.48. The number of rotatable bonds is 14. The second-order valence-electron chi connectivity index (χ2n) is 14.7. The van der Waals surface area contributed by atoms with Crippen LogP contribution in [0.5, 0.6) is 5.75 Å². The van der Waals surface area contributed by atoms with E-state index in [0.717, 1.165) is 31.6 Å². The second kappa shape index (κ2) is 18.6. The highest BCUT2D eigenvalue weighted by Crippen LogP contribution is 2.34. The Morgan fingerprint density at radius 3 is 2.27 bits per heavy atom. The summed E-state index contributed by atoms with van der Waals surface area (Å²) in [7, 11) is 1.29.